The fraction of sp³-hybridized carbons (Fsp3) is 0.240. The van der Waals surface area contributed by atoms with Crippen molar-refractivity contribution in [3.05, 3.63) is 94.3 Å². The van der Waals surface area contributed by atoms with Crippen LogP contribution in [0.5, 0.6) is 0 Å². The van der Waals surface area contributed by atoms with Gasteiger partial charge in [0.05, 0.1) is 4.90 Å². The molecule has 0 aromatic heterocycles. The van der Waals surface area contributed by atoms with Gasteiger partial charge in [0, 0.05) is 29.3 Å². The van der Waals surface area contributed by atoms with Crippen molar-refractivity contribution in [2.45, 2.75) is 31.4 Å². The standard InChI is InChI=1S/C25H27FN2O3S2/c1-17-9-11-22(14-19(17)3)28-33(30,31)24-15-20(10-8-18(24)2)25(29)27-12-13-32-16-21-6-4-5-7-23(21)26/h4-11,14-15,28H,12-13,16H2,1-3H3,(H,27,29). The van der Waals surface area contributed by atoms with E-state index < -0.39 is 10.0 Å². The Morgan fingerprint density at radius 1 is 0.939 bits per heavy atom. The number of anilines is 1. The first-order valence-corrected chi connectivity index (χ1v) is 13.1. The Kier molecular flexibility index (Phi) is 8.15. The van der Waals surface area contributed by atoms with Crippen LogP contribution in [0.15, 0.2) is 65.6 Å². The maximum absolute atomic E-state index is 13.7. The van der Waals surface area contributed by atoms with E-state index in [1.165, 1.54) is 23.9 Å². The van der Waals surface area contributed by atoms with Gasteiger partial charge in [0.1, 0.15) is 5.82 Å². The van der Waals surface area contributed by atoms with Crippen LogP contribution in [0.3, 0.4) is 0 Å². The Balaban J connectivity index is 1.61. The molecule has 0 unspecified atom stereocenters. The molecule has 8 heteroatoms. The van der Waals surface area contributed by atoms with Gasteiger partial charge in [0.2, 0.25) is 0 Å². The molecular formula is C25H27FN2O3S2. The van der Waals surface area contributed by atoms with E-state index in [9.17, 15) is 17.6 Å². The number of amides is 1. The van der Waals surface area contributed by atoms with E-state index in [4.69, 9.17) is 0 Å². The number of rotatable bonds is 9. The Hall–Kier alpha value is -2.84. The number of hydrogen-bond acceptors (Lipinski definition) is 4. The van der Waals surface area contributed by atoms with Crippen molar-refractivity contribution >= 4 is 33.4 Å². The second-order valence-corrected chi connectivity index (χ2v) is 10.5. The van der Waals surface area contributed by atoms with Gasteiger partial charge in [-0.1, -0.05) is 30.3 Å². The van der Waals surface area contributed by atoms with Gasteiger partial charge in [0.15, 0.2) is 0 Å². The Morgan fingerprint density at radius 3 is 2.39 bits per heavy atom. The predicted molar refractivity (Wildman–Crippen MR) is 133 cm³/mol. The summed E-state index contributed by atoms with van der Waals surface area (Å²) in [5.41, 5.74) is 3.95. The van der Waals surface area contributed by atoms with Gasteiger partial charge in [-0.2, -0.15) is 11.8 Å². The lowest BCUT2D eigenvalue weighted by molar-refractivity contribution is 0.0956. The molecule has 3 aromatic rings. The molecule has 0 bridgehead atoms. The molecule has 0 fully saturated rings. The molecule has 33 heavy (non-hydrogen) atoms. The highest BCUT2D eigenvalue weighted by molar-refractivity contribution is 7.98. The molecule has 0 atom stereocenters. The largest absolute Gasteiger partial charge is 0.351 e. The Bertz CT molecular complexity index is 1260. The number of benzene rings is 3. The summed E-state index contributed by atoms with van der Waals surface area (Å²) in [6, 6.07) is 16.6. The summed E-state index contributed by atoms with van der Waals surface area (Å²) < 4.78 is 42.2. The second kappa shape index (κ2) is 10.9. The molecule has 0 saturated carbocycles. The van der Waals surface area contributed by atoms with Crippen molar-refractivity contribution in [3.8, 4) is 0 Å². The predicted octanol–water partition coefficient (Wildman–Crippen LogP) is 5.21. The molecule has 0 saturated heterocycles. The molecule has 3 aromatic carbocycles. The lowest BCUT2D eigenvalue weighted by Gasteiger charge is -2.13. The normalized spacial score (nSPS) is 11.3. The number of aryl methyl sites for hydroxylation is 3. The van der Waals surface area contributed by atoms with Gasteiger partial charge in [-0.15, -0.1) is 0 Å². The first-order chi connectivity index (χ1) is 15.7. The molecule has 2 N–H and O–H groups in total. The van der Waals surface area contributed by atoms with Crippen LogP contribution in [0.25, 0.3) is 0 Å². The maximum atomic E-state index is 13.7. The summed E-state index contributed by atoms with van der Waals surface area (Å²) in [7, 11) is -3.86. The quantitative estimate of drug-likeness (QED) is 0.407. The van der Waals surface area contributed by atoms with E-state index in [1.54, 1.807) is 49.4 Å². The van der Waals surface area contributed by atoms with Crippen molar-refractivity contribution in [1.82, 2.24) is 5.32 Å². The highest BCUT2D eigenvalue weighted by atomic mass is 32.2. The Labute approximate surface area is 198 Å². The average Bonchev–Trinajstić information content (AvgIpc) is 2.77. The highest BCUT2D eigenvalue weighted by Gasteiger charge is 2.19. The van der Waals surface area contributed by atoms with Gasteiger partial charge in [-0.05, 0) is 73.4 Å². The van der Waals surface area contributed by atoms with E-state index in [2.05, 4.69) is 10.0 Å². The minimum absolute atomic E-state index is 0.0577. The lowest BCUT2D eigenvalue weighted by Crippen LogP contribution is -2.26. The summed E-state index contributed by atoms with van der Waals surface area (Å²) in [6.07, 6.45) is 0. The lowest BCUT2D eigenvalue weighted by atomic mass is 10.1. The van der Waals surface area contributed by atoms with Crippen molar-refractivity contribution in [1.29, 1.82) is 0 Å². The zero-order chi connectivity index (χ0) is 24.0. The van der Waals surface area contributed by atoms with Gasteiger partial charge in [-0.25, -0.2) is 12.8 Å². The number of sulfonamides is 1. The molecule has 5 nitrogen and oxygen atoms in total. The topological polar surface area (TPSA) is 75.3 Å². The highest BCUT2D eigenvalue weighted by Crippen LogP contribution is 2.22. The fourth-order valence-electron chi connectivity index (χ4n) is 3.18. The van der Waals surface area contributed by atoms with Crippen LogP contribution in [-0.4, -0.2) is 26.6 Å². The monoisotopic (exact) mass is 486 g/mol. The third-order valence-corrected chi connectivity index (χ3v) is 7.78. The van der Waals surface area contributed by atoms with Crippen LogP contribution in [-0.2, 0) is 15.8 Å². The van der Waals surface area contributed by atoms with E-state index in [0.717, 1.165) is 11.1 Å². The second-order valence-electron chi connectivity index (χ2n) is 7.78. The van der Waals surface area contributed by atoms with E-state index in [1.807, 2.05) is 19.9 Å². The molecule has 0 aliphatic carbocycles. The minimum atomic E-state index is -3.86. The molecule has 0 heterocycles. The third-order valence-electron chi connectivity index (χ3n) is 5.25. The molecular weight excluding hydrogens is 459 g/mol. The van der Waals surface area contributed by atoms with E-state index >= 15 is 0 Å². The molecule has 0 radical (unpaired) electrons. The number of thioether (sulfide) groups is 1. The maximum Gasteiger partial charge on any atom is 0.262 e. The number of carbonyl (C=O) groups is 1. The van der Waals surface area contributed by atoms with Crippen LogP contribution in [0.2, 0.25) is 0 Å². The van der Waals surface area contributed by atoms with Crippen molar-refractivity contribution < 1.29 is 17.6 Å². The third kappa shape index (κ3) is 6.58. The molecule has 0 spiro atoms. The first kappa shape index (κ1) is 24.8. The SMILES string of the molecule is Cc1ccc(NS(=O)(=O)c2cc(C(=O)NCCSCc3ccccc3F)ccc2C)cc1C. The number of halogens is 1. The van der Waals surface area contributed by atoms with Crippen LogP contribution in [0.4, 0.5) is 10.1 Å². The first-order valence-electron chi connectivity index (χ1n) is 10.5. The van der Waals surface area contributed by atoms with Crippen molar-refractivity contribution in [3.63, 3.8) is 0 Å². The van der Waals surface area contributed by atoms with Crippen molar-refractivity contribution in [2.24, 2.45) is 0 Å². The number of carbonyl (C=O) groups excluding carboxylic acids is 1. The summed E-state index contributed by atoms with van der Waals surface area (Å²) in [6.45, 7) is 5.95. The summed E-state index contributed by atoms with van der Waals surface area (Å²) in [4.78, 5) is 12.6. The smallest absolute Gasteiger partial charge is 0.262 e. The van der Waals surface area contributed by atoms with Gasteiger partial charge < -0.3 is 5.32 Å². The fourth-order valence-corrected chi connectivity index (χ4v) is 5.35. The summed E-state index contributed by atoms with van der Waals surface area (Å²) in [5, 5.41) is 2.79. The van der Waals surface area contributed by atoms with Gasteiger partial charge in [0.25, 0.3) is 15.9 Å². The zero-order valence-electron chi connectivity index (χ0n) is 18.8. The van der Waals surface area contributed by atoms with Crippen LogP contribution in [0.1, 0.15) is 32.6 Å². The van der Waals surface area contributed by atoms with Crippen LogP contribution in [0, 0.1) is 26.6 Å². The molecule has 1 amide bonds. The summed E-state index contributed by atoms with van der Waals surface area (Å²) >= 11 is 1.51. The van der Waals surface area contributed by atoms with Gasteiger partial charge in [-0.3, -0.25) is 9.52 Å². The zero-order valence-corrected chi connectivity index (χ0v) is 20.4. The minimum Gasteiger partial charge on any atom is -0.351 e. The van der Waals surface area contributed by atoms with Gasteiger partial charge >= 0.3 is 0 Å². The number of nitrogens with one attached hydrogen (secondary N) is 2. The van der Waals surface area contributed by atoms with Crippen LogP contribution >= 0.6 is 11.8 Å². The van der Waals surface area contributed by atoms with E-state index in [0.29, 0.717) is 34.9 Å². The molecule has 0 aliphatic rings. The Morgan fingerprint density at radius 2 is 1.67 bits per heavy atom. The molecule has 0 aliphatic heterocycles. The van der Waals surface area contributed by atoms with Crippen molar-refractivity contribution in [2.75, 3.05) is 17.0 Å². The van der Waals surface area contributed by atoms with E-state index in [-0.39, 0.29) is 22.2 Å². The van der Waals surface area contributed by atoms with Crippen LogP contribution < -0.4 is 10.0 Å². The average molecular weight is 487 g/mol. The molecule has 3 rings (SSSR count). The number of hydrogen-bond donors (Lipinski definition) is 2. The molecule has 174 valence electrons. The summed E-state index contributed by atoms with van der Waals surface area (Å²) in [5.74, 6) is 0.520.